The smallest absolute Gasteiger partial charge is 0.0640 e. The SMILES string of the molecule is C1=NC2=CCCC(c3ccccc3)(c3ccccc3)C2=c2ccccc2=C1. The van der Waals surface area contributed by atoms with Crippen LogP contribution in [0.2, 0.25) is 0 Å². The molecule has 0 amide bonds. The van der Waals surface area contributed by atoms with Gasteiger partial charge in [0, 0.05) is 17.2 Å². The summed E-state index contributed by atoms with van der Waals surface area (Å²) in [6.07, 6.45) is 8.43. The van der Waals surface area contributed by atoms with Gasteiger partial charge in [0.05, 0.1) is 5.70 Å². The van der Waals surface area contributed by atoms with Crippen LogP contribution in [0.5, 0.6) is 0 Å². The average Bonchev–Trinajstić information content (AvgIpc) is 2.94. The minimum atomic E-state index is -0.196. The van der Waals surface area contributed by atoms with Crippen molar-refractivity contribution in [2.45, 2.75) is 18.3 Å². The summed E-state index contributed by atoms with van der Waals surface area (Å²) >= 11 is 0. The maximum Gasteiger partial charge on any atom is 0.0640 e. The van der Waals surface area contributed by atoms with Gasteiger partial charge in [0.2, 0.25) is 0 Å². The van der Waals surface area contributed by atoms with Gasteiger partial charge in [0.25, 0.3) is 0 Å². The Morgan fingerprint density at radius 2 is 1.33 bits per heavy atom. The van der Waals surface area contributed by atoms with Crippen molar-refractivity contribution in [1.82, 2.24) is 0 Å². The van der Waals surface area contributed by atoms with Crippen molar-refractivity contribution in [3.63, 3.8) is 0 Å². The summed E-state index contributed by atoms with van der Waals surface area (Å²) in [4.78, 5) is 4.85. The predicted octanol–water partition coefficient (Wildman–Crippen LogP) is 4.37. The molecule has 0 saturated carbocycles. The molecule has 0 saturated heterocycles. The predicted molar refractivity (Wildman–Crippen MR) is 113 cm³/mol. The second-order valence-corrected chi connectivity index (χ2v) is 7.17. The van der Waals surface area contributed by atoms with Gasteiger partial charge in [-0.1, -0.05) is 91.0 Å². The molecule has 0 fully saturated rings. The normalized spacial score (nSPS) is 17.2. The summed E-state index contributed by atoms with van der Waals surface area (Å²) in [5, 5.41) is 2.52. The van der Waals surface area contributed by atoms with Gasteiger partial charge in [-0.25, -0.2) is 0 Å². The van der Waals surface area contributed by atoms with E-state index in [1.54, 1.807) is 0 Å². The number of hydrogen-bond acceptors (Lipinski definition) is 1. The Labute approximate surface area is 159 Å². The van der Waals surface area contributed by atoms with Crippen molar-refractivity contribution in [2.24, 2.45) is 4.99 Å². The number of hydrogen-bond donors (Lipinski definition) is 0. The summed E-state index contributed by atoms with van der Waals surface area (Å²) in [5.74, 6) is 0. The fourth-order valence-corrected chi connectivity index (χ4v) is 4.61. The molecule has 1 heterocycles. The molecule has 0 radical (unpaired) electrons. The molecule has 1 aliphatic carbocycles. The van der Waals surface area contributed by atoms with Crippen molar-refractivity contribution in [3.05, 3.63) is 118 Å². The third-order valence-electron chi connectivity index (χ3n) is 5.77. The first-order valence-corrected chi connectivity index (χ1v) is 9.55. The van der Waals surface area contributed by atoms with Gasteiger partial charge < -0.3 is 0 Å². The largest absolute Gasteiger partial charge is 0.257 e. The Kier molecular flexibility index (Phi) is 3.86. The average molecular weight is 347 g/mol. The third-order valence-corrected chi connectivity index (χ3v) is 5.77. The number of fused-ring (bicyclic) bond motifs is 2. The van der Waals surface area contributed by atoms with Crippen LogP contribution in [-0.4, -0.2) is 6.21 Å². The molecule has 0 unspecified atom stereocenters. The van der Waals surface area contributed by atoms with Crippen LogP contribution in [0.1, 0.15) is 24.0 Å². The molecule has 0 atom stereocenters. The molecule has 1 aliphatic heterocycles. The summed E-state index contributed by atoms with van der Waals surface area (Å²) in [5.41, 5.74) is 4.91. The van der Waals surface area contributed by atoms with Gasteiger partial charge in [-0.2, -0.15) is 0 Å². The number of aliphatic imine (C=N–C) groups is 1. The highest BCUT2D eigenvalue weighted by atomic mass is 14.8. The second-order valence-electron chi connectivity index (χ2n) is 7.17. The minimum Gasteiger partial charge on any atom is -0.257 e. The molecule has 3 aromatic carbocycles. The van der Waals surface area contributed by atoms with Crippen molar-refractivity contribution >= 4 is 17.9 Å². The van der Waals surface area contributed by atoms with Crippen molar-refractivity contribution in [2.75, 3.05) is 0 Å². The van der Waals surface area contributed by atoms with Crippen LogP contribution < -0.4 is 10.4 Å². The Hall–Kier alpha value is -3.19. The maximum absolute atomic E-state index is 4.85. The highest BCUT2D eigenvalue weighted by molar-refractivity contribution is 5.95. The molecular formula is C26H21N. The Bertz CT molecular complexity index is 1110. The van der Waals surface area contributed by atoms with E-state index in [9.17, 15) is 0 Å². The van der Waals surface area contributed by atoms with E-state index in [0.717, 1.165) is 18.5 Å². The van der Waals surface area contributed by atoms with Gasteiger partial charge in [0.1, 0.15) is 0 Å². The van der Waals surface area contributed by atoms with E-state index in [2.05, 4.69) is 97.1 Å². The molecule has 2 aliphatic rings. The van der Waals surface area contributed by atoms with E-state index in [1.165, 1.54) is 27.1 Å². The fourth-order valence-electron chi connectivity index (χ4n) is 4.61. The van der Waals surface area contributed by atoms with E-state index in [4.69, 9.17) is 4.99 Å². The van der Waals surface area contributed by atoms with Crippen LogP contribution in [-0.2, 0) is 5.41 Å². The molecule has 1 heteroatoms. The van der Waals surface area contributed by atoms with Crippen LogP contribution in [0.15, 0.2) is 102 Å². The lowest BCUT2D eigenvalue weighted by atomic mass is 9.62. The van der Waals surface area contributed by atoms with Gasteiger partial charge in [-0.05, 0) is 40.5 Å². The first-order chi connectivity index (χ1) is 13.4. The van der Waals surface area contributed by atoms with E-state index in [-0.39, 0.29) is 5.41 Å². The van der Waals surface area contributed by atoms with E-state index >= 15 is 0 Å². The monoisotopic (exact) mass is 347 g/mol. The first-order valence-electron chi connectivity index (χ1n) is 9.55. The summed E-state index contributed by atoms with van der Waals surface area (Å²) < 4.78 is 0. The van der Waals surface area contributed by atoms with Gasteiger partial charge in [0.15, 0.2) is 0 Å². The summed E-state index contributed by atoms with van der Waals surface area (Å²) in [7, 11) is 0. The van der Waals surface area contributed by atoms with E-state index in [1.807, 2.05) is 6.21 Å². The molecule has 0 spiro atoms. The third kappa shape index (κ3) is 2.50. The lowest BCUT2D eigenvalue weighted by Crippen LogP contribution is -2.39. The Morgan fingerprint density at radius 1 is 0.704 bits per heavy atom. The zero-order valence-electron chi connectivity index (χ0n) is 15.2. The van der Waals surface area contributed by atoms with Crippen LogP contribution in [0.4, 0.5) is 0 Å². The van der Waals surface area contributed by atoms with Crippen LogP contribution >= 0.6 is 0 Å². The molecule has 130 valence electrons. The van der Waals surface area contributed by atoms with Crippen LogP contribution in [0.25, 0.3) is 11.6 Å². The van der Waals surface area contributed by atoms with Crippen molar-refractivity contribution in [3.8, 4) is 0 Å². The number of rotatable bonds is 2. The summed E-state index contributed by atoms with van der Waals surface area (Å²) in [6.45, 7) is 0. The Morgan fingerprint density at radius 3 is 2.04 bits per heavy atom. The van der Waals surface area contributed by atoms with Gasteiger partial charge >= 0.3 is 0 Å². The number of benzene rings is 3. The Balaban J connectivity index is 1.97. The first kappa shape index (κ1) is 16.0. The fraction of sp³-hybridized carbons (Fsp3) is 0.115. The highest BCUT2D eigenvalue weighted by Gasteiger charge is 2.41. The van der Waals surface area contributed by atoms with Crippen molar-refractivity contribution in [1.29, 1.82) is 0 Å². The lowest BCUT2D eigenvalue weighted by Gasteiger charge is -2.40. The zero-order valence-corrected chi connectivity index (χ0v) is 15.2. The van der Waals surface area contributed by atoms with Gasteiger partial charge in [-0.15, -0.1) is 0 Å². The molecule has 0 aromatic heterocycles. The summed E-state index contributed by atoms with van der Waals surface area (Å²) in [6, 6.07) is 30.5. The van der Waals surface area contributed by atoms with Crippen molar-refractivity contribution < 1.29 is 0 Å². The molecule has 0 N–H and O–H groups in total. The molecule has 27 heavy (non-hydrogen) atoms. The maximum atomic E-state index is 4.85. The van der Waals surface area contributed by atoms with Crippen LogP contribution in [0, 0.1) is 0 Å². The second kappa shape index (κ2) is 6.51. The topological polar surface area (TPSA) is 12.4 Å². The van der Waals surface area contributed by atoms with E-state index < -0.39 is 0 Å². The molecule has 0 bridgehead atoms. The molecular weight excluding hydrogens is 326 g/mol. The quantitative estimate of drug-likeness (QED) is 0.653. The zero-order chi connectivity index (χ0) is 18.1. The van der Waals surface area contributed by atoms with Gasteiger partial charge in [-0.3, -0.25) is 4.99 Å². The molecule has 1 nitrogen and oxygen atoms in total. The molecule has 3 aromatic rings. The van der Waals surface area contributed by atoms with Crippen LogP contribution in [0.3, 0.4) is 0 Å². The van der Waals surface area contributed by atoms with E-state index in [0.29, 0.717) is 0 Å². The highest BCUT2D eigenvalue weighted by Crippen LogP contribution is 2.49. The lowest BCUT2D eigenvalue weighted by molar-refractivity contribution is 0.584. The standard InChI is InChI=1S/C26H21N/c1-3-11-21(12-4-1)26(22-13-5-2-6-14-22)18-9-16-24-25(26)23-15-8-7-10-20(23)17-19-27-24/h1-8,10-17,19H,9,18H2. The number of nitrogens with zero attached hydrogens (tertiary/aromatic N) is 1. The number of allylic oxidation sites excluding steroid dienone is 2. The minimum absolute atomic E-state index is 0.196. The molecule has 5 rings (SSSR count).